The molecule has 0 aromatic heterocycles. The number of carbonyl (C=O) groups is 1. The summed E-state index contributed by atoms with van der Waals surface area (Å²) in [5, 5.41) is 0. The van der Waals surface area contributed by atoms with Crippen molar-refractivity contribution in [3.63, 3.8) is 0 Å². The molecule has 1 aliphatic heterocycles. The average Bonchev–Trinajstić information content (AvgIpc) is 2.71. The lowest BCUT2D eigenvalue weighted by Crippen LogP contribution is -2.41. The van der Waals surface area contributed by atoms with Crippen LogP contribution in [0.3, 0.4) is 0 Å². The third-order valence-corrected chi connectivity index (χ3v) is 3.83. The van der Waals surface area contributed by atoms with Gasteiger partial charge in [0, 0.05) is 19.6 Å². The fraction of sp³-hybridized carbons (Fsp3) is 0.929. The molecule has 1 saturated heterocycles. The molecule has 1 amide bonds. The lowest BCUT2D eigenvalue weighted by atomic mass is 9.90. The van der Waals surface area contributed by atoms with Crippen LogP contribution in [-0.2, 0) is 4.79 Å². The molecule has 0 aliphatic carbocycles. The SMILES string of the molecule is CCCN(CCC)C(=O)CN1CCC(C)(CN)C1. The van der Waals surface area contributed by atoms with Gasteiger partial charge in [0.05, 0.1) is 6.54 Å². The minimum atomic E-state index is 0.209. The van der Waals surface area contributed by atoms with Crippen LogP contribution in [-0.4, -0.2) is 55.0 Å². The number of rotatable bonds is 7. The van der Waals surface area contributed by atoms with Crippen LogP contribution in [0.25, 0.3) is 0 Å². The van der Waals surface area contributed by atoms with Gasteiger partial charge in [-0.25, -0.2) is 0 Å². The van der Waals surface area contributed by atoms with E-state index < -0.39 is 0 Å². The number of nitrogens with two attached hydrogens (primary N) is 1. The van der Waals surface area contributed by atoms with Gasteiger partial charge in [0.25, 0.3) is 0 Å². The Kier molecular flexibility index (Phi) is 6.09. The van der Waals surface area contributed by atoms with Crippen molar-refractivity contribution in [3.05, 3.63) is 0 Å². The molecule has 0 spiro atoms. The largest absolute Gasteiger partial charge is 0.342 e. The summed E-state index contributed by atoms with van der Waals surface area (Å²) < 4.78 is 0. The van der Waals surface area contributed by atoms with Crippen molar-refractivity contribution in [2.45, 2.75) is 40.0 Å². The Morgan fingerprint density at radius 3 is 2.39 bits per heavy atom. The highest BCUT2D eigenvalue weighted by atomic mass is 16.2. The maximum atomic E-state index is 12.2. The van der Waals surface area contributed by atoms with Gasteiger partial charge in [-0.2, -0.15) is 0 Å². The summed E-state index contributed by atoms with van der Waals surface area (Å²) >= 11 is 0. The van der Waals surface area contributed by atoms with Crippen LogP contribution in [0.4, 0.5) is 0 Å². The smallest absolute Gasteiger partial charge is 0.236 e. The summed E-state index contributed by atoms with van der Waals surface area (Å²) in [5.74, 6) is 0.278. The Balaban J connectivity index is 2.44. The second-order valence-corrected chi connectivity index (χ2v) is 5.86. The van der Waals surface area contributed by atoms with Crippen LogP contribution < -0.4 is 5.73 Å². The molecule has 0 bridgehead atoms. The monoisotopic (exact) mass is 255 g/mol. The van der Waals surface area contributed by atoms with E-state index in [9.17, 15) is 4.79 Å². The summed E-state index contributed by atoms with van der Waals surface area (Å²) in [5.41, 5.74) is 6.00. The molecule has 0 aromatic rings. The molecule has 1 fully saturated rings. The van der Waals surface area contributed by atoms with E-state index in [1.165, 1.54) is 0 Å². The van der Waals surface area contributed by atoms with Gasteiger partial charge in [0.1, 0.15) is 0 Å². The molecule has 1 unspecified atom stereocenters. The van der Waals surface area contributed by atoms with Crippen LogP contribution >= 0.6 is 0 Å². The maximum absolute atomic E-state index is 12.2. The number of nitrogens with zero attached hydrogens (tertiary/aromatic N) is 2. The van der Waals surface area contributed by atoms with E-state index in [2.05, 4.69) is 25.7 Å². The van der Waals surface area contributed by atoms with Crippen LogP contribution in [0, 0.1) is 5.41 Å². The van der Waals surface area contributed by atoms with Crippen molar-refractivity contribution >= 4 is 5.91 Å². The topological polar surface area (TPSA) is 49.6 Å². The molecule has 2 N–H and O–H groups in total. The van der Waals surface area contributed by atoms with Crippen molar-refractivity contribution < 1.29 is 4.79 Å². The third kappa shape index (κ3) is 4.25. The van der Waals surface area contributed by atoms with Crippen LogP contribution in [0.15, 0.2) is 0 Å². The first-order valence-electron chi connectivity index (χ1n) is 7.25. The number of hydrogen-bond donors (Lipinski definition) is 1. The Bertz CT molecular complexity index is 264. The highest BCUT2D eigenvalue weighted by Gasteiger charge is 2.33. The van der Waals surface area contributed by atoms with Gasteiger partial charge < -0.3 is 10.6 Å². The lowest BCUT2D eigenvalue weighted by molar-refractivity contribution is -0.132. The summed E-state index contributed by atoms with van der Waals surface area (Å²) in [6.45, 7) is 11.5. The first kappa shape index (κ1) is 15.4. The van der Waals surface area contributed by atoms with Crippen molar-refractivity contribution in [2.24, 2.45) is 11.1 Å². The second-order valence-electron chi connectivity index (χ2n) is 5.86. The quantitative estimate of drug-likeness (QED) is 0.746. The predicted molar refractivity (Wildman–Crippen MR) is 75.4 cm³/mol. The standard InChI is InChI=1S/C14H29N3O/c1-4-7-17(8-5-2)13(18)10-16-9-6-14(3,11-15)12-16/h4-12,15H2,1-3H3. The number of amides is 1. The van der Waals surface area contributed by atoms with Gasteiger partial charge in [0.15, 0.2) is 0 Å². The van der Waals surface area contributed by atoms with E-state index in [-0.39, 0.29) is 11.3 Å². The zero-order valence-corrected chi connectivity index (χ0v) is 12.2. The Morgan fingerprint density at radius 1 is 1.33 bits per heavy atom. The van der Waals surface area contributed by atoms with Crippen LogP contribution in [0.5, 0.6) is 0 Å². The molecular formula is C14H29N3O. The molecule has 0 saturated carbocycles. The highest BCUT2D eigenvalue weighted by Crippen LogP contribution is 2.28. The van der Waals surface area contributed by atoms with E-state index in [1.54, 1.807) is 0 Å². The van der Waals surface area contributed by atoms with Gasteiger partial charge in [-0.15, -0.1) is 0 Å². The molecule has 18 heavy (non-hydrogen) atoms. The molecule has 1 rings (SSSR count). The van der Waals surface area contributed by atoms with Gasteiger partial charge >= 0.3 is 0 Å². The van der Waals surface area contributed by atoms with E-state index >= 15 is 0 Å². The molecule has 106 valence electrons. The highest BCUT2D eigenvalue weighted by molar-refractivity contribution is 5.78. The maximum Gasteiger partial charge on any atom is 0.236 e. The third-order valence-electron chi connectivity index (χ3n) is 3.83. The molecule has 0 aromatic carbocycles. The zero-order chi connectivity index (χ0) is 13.6. The van der Waals surface area contributed by atoms with Crippen molar-refractivity contribution in [2.75, 3.05) is 39.3 Å². The van der Waals surface area contributed by atoms with Crippen molar-refractivity contribution in [3.8, 4) is 0 Å². The number of likely N-dealkylation sites (tertiary alicyclic amines) is 1. The Morgan fingerprint density at radius 2 is 1.94 bits per heavy atom. The first-order valence-corrected chi connectivity index (χ1v) is 7.25. The average molecular weight is 255 g/mol. The summed E-state index contributed by atoms with van der Waals surface area (Å²) in [7, 11) is 0. The van der Waals surface area contributed by atoms with Gasteiger partial charge in [-0.1, -0.05) is 20.8 Å². The van der Waals surface area contributed by atoms with E-state index in [1.807, 2.05) is 4.90 Å². The molecular weight excluding hydrogens is 226 g/mol. The lowest BCUT2D eigenvalue weighted by Gasteiger charge is -2.26. The van der Waals surface area contributed by atoms with E-state index in [0.717, 1.165) is 45.4 Å². The normalized spacial score (nSPS) is 24.4. The molecule has 1 atom stereocenters. The fourth-order valence-electron chi connectivity index (χ4n) is 2.62. The van der Waals surface area contributed by atoms with Gasteiger partial charge in [0.2, 0.25) is 5.91 Å². The van der Waals surface area contributed by atoms with Crippen LogP contribution in [0.1, 0.15) is 40.0 Å². The van der Waals surface area contributed by atoms with Gasteiger partial charge in [-0.3, -0.25) is 9.69 Å². The molecule has 1 aliphatic rings. The number of hydrogen-bond acceptors (Lipinski definition) is 3. The van der Waals surface area contributed by atoms with Crippen molar-refractivity contribution in [1.82, 2.24) is 9.80 Å². The molecule has 4 nitrogen and oxygen atoms in total. The zero-order valence-electron chi connectivity index (χ0n) is 12.2. The van der Waals surface area contributed by atoms with Gasteiger partial charge in [-0.05, 0) is 37.8 Å². The molecule has 0 radical (unpaired) electrons. The number of carbonyl (C=O) groups excluding carboxylic acids is 1. The summed E-state index contributed by atoms with van der Waals surface area (Å²) in [6, 6.07) is 0. The predicted octanol–water partition coefficient (Wildman–Crippen LogP) is 1.31. The molecule has 1 heterocycles. The second kappa shape index (κ2) is 7.10. The van der Waals surface area contributed by atoms with Crippen LogP contribution in [0.2, 0.25) is 0 Å². The Hall–Kier alpha value is -0.610. The first-order chi connectivity index (χ1) is 8.54. The fourth-order valence-corrected chi connectivity index (χ4v) is 2.62. The van der Waals surface area contributed by atoms with Crippen molar-refractivity contribution in [1.29, 1.82) is 0 Å². The Labute approximate surface area is 111 Å². The minimum Gasteiger partial charge on any atom is -0.342 e. The van der Waals surface area contributed by atoms with E-state index in [0.29, 0.717) is 13.1 Å². The summed E-state index contributed by atoms with van der Waals surface area (Å²) in [4.78, 5) is 16.5. The summed E-state index contributed by atoms with van der Waals surface area (Å²) in [6.07, 6.45) is 3.18. The molecule has 4 heteroatoms. The van der Waals surface area contributed by atoms with E-state index in [4.69, 9.17) is 5.73 Å². The minimum absolute atomic E-state index is 0.209.